The molecule has 0 bridgehead atoms. The van der Waals surface area contributed by atoms with Crippen LogP contribution in [0.2, 0.25) is 5.02 Å². The molecule has 0 radical (unpaired) electrons. The van der Waals surface area contributed by atoms with Crippen LogP contribution in [-0.4, -0.2) is 18.1 Å². The zero-order valence-electron chi connectivity index (χ0n) is 18.0. The van der Waals surface area contributed by atoms with E-state index < -0.39 is 5.63 Å². The van der Waals surface area contributed by atoms with Crippen molar-refractivity contribution in [3.8, 4) is 16.9 Å². The van der Waals surface area contributed by atoms with Gasteiger partial charge in [0.1, 0.15) is 11.3 Å². The van der Waals surface area contributed by atoms with Gasteiger partial charge in [-0.3, -0.25) is 10.1 Å². The van der Waals surface area contributed by atoms with Gasteiger partial charge in [-0.15, -0.1) is 0 Å². The van der Waals surface area contributed by atoms with Crippen LogP contribution in [0.25, 0.3) is 28.2 Å². The Balaban J connectivity index is 1.42. The first-order valence-corrected chi connectivity index (χ1v) is 11.0. The largest absolute Gasteiger partial charge is 0.497 e. The van der Waals surface area contributed by atoms with Gasteiger partial charge in [0, 0.05) is 22.7 Å². The van der Waals surface area contributed by atoms with Gasteiger partial charge < -0.3 is 14.5 Å². The molecule has 0 spiro atoms. The van der Waals surface area contributed by atoms with Gasteiger partial charge in [0.05, 0.1) is 17.7 Å². The first kappa shape index (κ1) is 23.2. The first-order valence-electron chi connectivity index (χ1n) is 10.2. The van der Waals surface area contributed by atoms with Gasteiger partial charge in [-0.05, 0) is 60.3 Å². The van der Waals surface area contributed by atoms with Crippen LogP contribution in [0.4, 0.5) is 5.69 Å². The number of ether oxygens (including phenoxy) is 1. The summed E-state index contributed by atoms with van der Waals surface area (Å²) in [6.45, 7) is 0. The fourth-order valence-corrected chi connectivity index (χ4v) is 3.76. The maximum absolute atomic E-state index is 12.4. The van der Waals surface area contributed by atoms with Crippen LogP contribution in [0.15, 0.2) is 88.1 Å². The molecule has 8 heteroatoms. The van der Waals surface area contributed by atoms with Gasteiger partial charge in [0.25, 0.3) is 0 Å². The number of nitrogens with one attached hydrogen (secondary N) is 2. The van der Waals surface area contributed by atoms with Gasteiger partial charge >= 0.3 is 5.63 Å². The number of para-hydroxylation sites is 1. The van der Waals surface area contributed by atoms with Crippen LogP contribution in [0.3, 0.4) is 0 Å². The number of rotatable bonds is 5. The molecule has 4 aromatic rings. The molecule has 0 aliphatic heterocycles. The average Bonchev–Trinajstić information content (AvgIpc) is 2.83. The number of carbonyl (C=O) groups excluding carboxylic acids is 1. The number of anilines is 1. The standard InChI is InChI=1S/C26H19ClN2O4S/c1-32-19-10-6-16(7-11-19)8-13-24(30)29-26(34)28-18-9-12-20(22(27)15-18)21-14-17-4-2-3-5-23(17)33-25(21)31/h2-15H,1H3,(H2,28,29,30,34)/b13-8+. The van der Waals surface area contributed by atoms with Gasteiger partial charge in [0.15, 0.2) is 5.11 Å². The summed E-state index contributed by atoms with van der Waals surface area (Å²) in [6, 6.07) is 21.3. The van der Waals surface area contributed by atoms with Crippen LogP contribution in [0.5, 0.6) is 5.75 Å². The molecular formula is C26H19ClN2O4S. The van der Waals surface area contributed by atoms with Crippen LogP contribution >= 0.6 is 23.8 Å². The minimum absolute atomic E-state index is 0.110. The summed E-state index contributed by atoms with van der Waals surface area (Å²) in [5.41, 5.74) is 2.32. The first-order chi connectivity index (χ1) is 16.4. The molecule has 1 aromatic heterocycles. The topological polar surface area (TPSA) is 80.6 Å². The number of amides is 1. The third-order valence-electron chi connectivity index (χ3n) is 4.94. The number of benzene rings is 3. The smallest absolute Gasteiger partial charge is 0.344 e. The molecule has 0 saturated carbocycles. The molecule has 2 N–H and O–H groups in total. The van der Waals surface area contributed by atoms with Crippen molar-refractivity contribution in [3.63, 3.8) is 0 Å². The van der Waals surface area contributed by atoms with E-state index >= 15 is 0 Å². The molecule has 0 saturated heterocycles. The molecule has 1 heterocycles. The summed E-state index contributed by atoms with van der Waals surface area (Å²) in [6.07, 6.45) is 3.04. The third kappa shape index (κ3) is 5.51. The summed E-state index contributed by atoms with van der Waals surface area (Å²) in [5.74, 6) is 0.350. The van der Waals surface area contributed by atoms with Crippen LogP contribution in [0, 0.1) is 0 Å². The molecule has 0 aliphatic rings. The van der Waals surface area contributed by atoms with Crippen molar-refractivity contribution in [3.05, 3.63) is 99.9 Å². The highest BCUT2D eigenvalue weighted by Gasteiger charge is 2.12. The molecule has 0 unspecified atom stereocenters. The second kappa shape index (κ2) is 10.3. The molecule has 0 fully saturated rings. The van der Waals surface area contributed by atoms with Crippen molar-refractivity contribution < 1.29 is 13.9 Å². The number of hydrogen-bond acceptors (Lipinski definition) is 5. The highest BCUT2D eigenvalue weighted by molar-refractivity contribution is 7.80. The van der Waals surface area contributed by atoms with Crippen molar-refractivity contribution in [1.82, 2.24) is 5.32 Å². The predicted molar refractivity (Wildman–Crippen MR) is 139 cm³/mol. The predicted octanol–water partition coefficient (Wildman–Crippen LogP) is 5.65. The van der Waals surface area contributed by atoms with E-state index in [1.807, 2.05) is 24.3 Å². The monoisotopic (exact) mass is 490 g/mol. The highest BCUT2D eigenvalue weighted by atomic mass is 35.5. The van der Waals surface area contributed by atoms with E-state index in [0.29, 0.717) is 27.4 Å². The fraction of sp³-hybridized carbons (Fsp3) is 0.0385. The van der Waals surface area contributed by atoms with Crippen molar-refractivity contribution in [2.75, 3.05) is 12.4 Å². The van der Waals surface area contributed by atoms with Crippen LogP contribution < -0.4 is 21.0 Å². The van der Waals surface area contributed by atoms with E-state index in [0.717, 1.165) is 16.7 Å². The van der Waals surface area contributed by atoms with Crippen molar-refractivity contribution in [2.45, 2.75) is 0 Å². The SMILES string of the molecule is COc1ccc(/C=C/C(=O)NC(=S)Nc2ccc(-c3cc4ccccc4oc3=O)c(Cl)c2)cc1. The second-order valence-electron chi connectivity index (χ2n) is 7.23. The Morgan fingerprint density at radius 3 is 2.53 bits per heavy atom. The summed E-state index contributed by atoms with van der Waals surface area (Å²) in [5, 5.41) is 6.73. The van der Waals surface area contributed by atoms with E-state index in [1.165, 1.54) is 6.08 Å². The van der Waals surface area contributed by atoms with E-state index in [9.17, 15) is 9.59 Å². The number of carbonyl (C=O) groups is 1. The van der Waals surface area contributed by atoms with Gasteiger partial charge in [-0.25, -0.2) is 4.79 Å². The lowest BCUT2D eigenvalue weighted by Crippen LogP contribution is -2.32. The summed E-state index contributed by atoms with van der Waals surface area (Å²) < 4.78 is 10.5. The zero-order chi connectivity index (χ0) is 24.1. The summed E-state index contributed by atoms with van der Waals surface area (Å²) >= 11 is 11.7. The minimum atomic E-state index is -0.479. The Morgan fingerprint density at radius 1 is 1.03 bits per heavy atom. The van der Waals surface area contributed by atoms with Crippen LogP contribution in [0.1, 0.15) is 5.56 Å². The number of hydrogen-bond donors (Lipinski definition) is 2. The number of halogens is 1. The molecule has 4 rings (SSSR count). The third-order valence-corrected chi connectivity index (χ3v) is 5.46. The number of fused-ring (bicyclic) bond motifs is 1. The van der Waals surface area contributed by atoms with Crippen molar-refractivity contribution >= 4 is 57.6 Å². The lowest BCUT2D eigenvalue weighted by Gasteiger charge is -2.11. The van der Waals surface area contributed by atoms with E-state index in [1.54, 1.807) is 61.7 Å². The maximum Gasteiger partial charge on any atom is 0.344 e. The Bertz CT molecular complexity index is 1460. The molecule has 34 heavy (non-hydrogen) atoms. The fourth-order valence-electron chi connectivity index (χ4n) is 3.26. The van der Waals surface area contributed by atoms with Gasteiger partial charge in [-0.2, -0.15) is 0 Å². The van der Waals surface area contributed by atoms with Gasteiger partial charge in [0.2, 0.25) is 5.91 Å². The molecule has 170 valence electrons. The van der Waals surface area contributed by atoms with Gasteiger partial charge in [-0.1, -0.05) is 48.0 Å². The molecule has 3 aromatic carbocycles. The Hall–Kier alpha value is -3.94. The van der Waals surface area contributed by atoms with Crippen molar-refractivity contribution in [2.24, 2.45) is 0 Å². The molecule has 6 nitrogen and oxygen atoms in total. The number of thiocarbonyl (C=S) groups is 1. The van der Waals surface area contributed by atoms with E-state index in [2.05, 4.69) is 10.6 Å². The Morgan fingerprint density at radius 2 is 1.79 bits per heavy atom. The molecule has 0 atom stereocenters. The summed E-state index contributed by atoms with van der Waals surface area (Å²) in [7, 11) is 1.59. The van der Waals surface area contributed by atoms with Crippen molar-refractivity contribution in [1.29, 1.82) is 0 Å². The minimum Gasteiger partial charge on any atom is -0.497 e. The zero-order valence-corrected chi connectivity index (χ0v) is 19.6. The second-order valence-corrected chi connectivity index (χ2v) is 8.05. The highest BCUT2D eigenvalue weighted by Crippen LogP contribution is 2.30. The lowest BCUT2D eigenvalue weighted by molar-refractivity contribution is -0.115. The lowest BCUT2D eigenvalue weighted by atomic mass is 10.1. The van der Waals surface area contributed by atoms with E-state index in [4.69, 9.17) is 33.0 Å². The van der Waals surface area contributed by atoms with E-state index in [-0.39, 0.29) is 11.0 Å². The van der Waals surface area contributed by atoms with Crippen LogP contribution in [-0.2, 0) is 4.79 Å². The number of methoxy groups -OCH3 is 1. The maximum atomic E-state index is 12.4. The molecular weight excluding hydrogens is 472 g/mol. The average molecular weight is 491 g/mol. The Kier molecular flexibility index (Phi) is 7.06. The Labute approximate surface area is 205 Å². The normalized spacial score (nSPS) is 10.9. The summed E-state index contributed by atoms with van der Waals surface area (Å²) in [4.78, 5) is 24.6. The quantitative estimate of drug-likeness (QED) is 0.214. The molecule has 1 amide bonds. The molecule has 0 aliphatic carbocycles.